The summed E-state index contributed by atoms with van der Waals surface area (Å²) in [5.74, 6) is 0. The van der Waals surface area contributed by atoms with E-state index in [1.807, 2.05) is 16.9 Å². The molecule has 0 atom stereocenters. The van der Waals surface area contributed by atoms with E-state index in [1.54, 1.807) is 6.20 Å². The Balaban J connectivity index is 2.53. The fourth-order valence-electron chi connectivity index (χ4n) is 1.37. The van der Waals surface area contributed by atoms with Crippen LogP contribution in [-0.2, 0) is 5.41 Å². The summed E-state index contributed by atoms with van der Waals surface area (Å²) in [6.07, 6.45) is 6.61. The fraction of sp³-hybridized carbons (Fsp3) is 0.455. The lowest BCUT2D eigenvalue weighted by Gasteiger charge is -2.21. The maximum atomic E-state index is 4.44. The molecule has 0 aliphatic rings. The van der Waals surface area contributed by atoms with Gasteiger partial charge in [-0.05, 0) is 6.42 Å². The Morgan fingerprint density at radius 3 is 2.86 bits per heavy atom. The Morgan fingerprint density at radius 1 is 1.36 bits per heavy atom. The number of rotatable bonds is 2. The van der Waals surface area contributed by atoms with E-state index in [-0.39, 0.29) is 5.41 Å². The molecule has 2 rings (SSSR count). The summed E-state index contributed by atoms with van der Waals surface area (Å²) in [5.41, 5.74) is 2.21. The second kappa shape index (κ2) is 3.08. The van der Waals surface area contributed by atoms with Crippen molar-refractivity contribution in [3.8, 4) is 0 Å². The van der Waals surface area contributed by atoms with E-state index in [0.29, 0.717) is 0 Å². The van der Waals surface area contributed by atoms with Gasteiger partial charge in [-0.3, -0.25) is 4.40 Å². The predicted molar refractivity (Wildman–Crippen MR) is 56.3 cm³/mol. The molecule has 0 amide bonds. The van der Waals surface area contributed by atoms with Crippen molar-refractivity contribution >= 4 is 5.65 Å². The lowest BCUT2D eigenvalue weighted by atomic mass is 9.86. The number of hydrogen-bond acceptors (Lipinski definition) is 2. The molecule has 0 saturated carbocycles. The molecule has 0 spiro atoms. The number of nitrogens with zero attached hydrogens (tertiary/aromatic N) is 3. The standard InChI is InChI=1S/C11H15N3/c1-4-11(2,3)9-7-10-12-5-6-14(10)8-13-9/h5-8H,4H2,1-3H3. The van der Waals surface area contributed by atoms with Crippen LogP contribution < -0.4 is 0 Å². The van der Waals surface area contributed by atoms with E-state index in [9.17, 15) is 0 Å². The van der Waals surface area contributed by atoms with E-state index in [2.05, 4.69) is 36.8 Å². The van der Waals surface area contributed by atoms with Crippen LogP contribution in [0.25, 0.3) is 5.65 Å². The van der Waals surface area contributed by atoms with Crippen LogP contribution in [0, 0.1) is 0 Å². The van der Waals surface area contributed by atoms with Crippen molar-refractivity contribution in [1.82, 2.24) is 14.4 Å². The third-order valence-electron chi connectivity index (χ3n) is 2.86. The van der Waals surface area contributed by atoms with E-state index in [1.165, 1.54) is 0 Å². The summed E-state index contributed by atoms with van der Waals surface area (Å²) in [6, 6.07) is 2.06. The van der Waals surface area contributed by atoms with Crippen LogP contribution in [0.2, 0.25) is 0 Å². The molecule has 0 aliphatic heterocycles. The second-order valence-electron chi connectivity index (χ2n) is 4.20. The maximum absolute atomic E-state index is 4.44. The van der Waals surface area contributed by atoms with Gasteiger partial charge in [-0.1, -0.05) is 20.8 Å². The van der Waals surface area contributed by atoms with Gasteiger partial charge in [-0.15, -0.1) is 0 Å². The number of imidazole rings is 1. The summed E-state index contributed by atoms with van der Waals surface area (Å²) >= 11 is 0. The minimum Gasteiger partial charge on any atom is -0.290 e. The summed E-state index contributed by atoms with van der Waals surface area (Å²) in [5, 5.41) is 0. The highest BCUT2D eigenvalue weighted by atomic mass is 15.0. The molecule has 0 saturated heterocycles. The second-order valence-corrected chi connectivity index (χ2v) is 4.20. The number of aromatic nitrogens is 3. The van der Waals surface area contributed by atoms with Gasteiger partial charge in [0.1, 0.15) is 12.0 Å². The van der Waals surface area contributed by atoms with Gasteiger partial charge in [-0.2, -0.15) is 0 Å². The molecule has 0 aromatic carbocycles. The first-order chi connectivity index (χ1) is 6.63. The Morgan fingerprint density at radius 2 is 2.14 bits per heavy atom. The van der Waals surface area contributed by atoms with Gasteiger partial charge in [0, 0.05) is 23.9 Å². The van der Waals surface area contributed by atoms with Crippen molar-refractivity contribution in [2.45, 2.75) is 32.6 Å². The molecule has 0 N–H and O–H groups in total. The molecule has 0 radical (unpaired) electrons. The number of hydrogen-bond donors (Lipinski definition) is 0. The highest BCUT2D eigenvalue weighted by Gasteiger charge is 2.19. The smallest absolute Gasteiger partial charge is 0.139 e. The highest BCUT2D eigenvalue weighted by molar-refractivity contribution is 5.40. The molecule has 3 heteroatoms. The highest BCUT2D eigenvalue weighted by Crippen LogP contribution is 2.24. The first-order valence-electron chi connectivity index (χ1n) is 4.92. The van der Waals surface area contributed by atoms with Crippen molar-refractivity contribution in [3.63, 3.8) is 0 Å². The molecular formula is C11H15N3. The lowest BCUT2D eigenvalue weighted by Crippen LogP contribution is -2.17. The zero-order chi connectivity index (χ0) is 10.2. The van der Waals surface area contributed by atoms with Gasteiger partial charge < -0.3 is 0 Å². The topological polar surface area (TPSA) is 30.2 Å². The van der Waals surface area contributed by atoms with Crippen molar-refractivity contribution in [2.24, 2.45) is 0 Å². The fourth-order valence-corrected chi connectivity index (χ4v) is 1.37. The van der Waals surface area contributed by atoms with Crippen molar-refractivity contribution in [1.29, 1.82) is 0 Å². The quantitative estimate of drug-likeness (QED) is 0.726. The lowest BCUT2D eigenvalue weighted by molar-refractivity contribution is 0.489. The summed E-state index contributed by atoms with van der Waals surface area (Å²) in [6.45, 7) is 6.58. The predicted octanol–water partition coefficient (Wildman–Crippen LogP) is 2.42. The molecular weight excluding hydrogens is 174 g/mol. The van der Waals surface area contributed by atoms with E-state index in [0.717, 1.165) is 17.8 Å². The molecule has 0 fully saturated rings. The Hall–Kier alpha value is -1.38. The molecule has 74 valence electrons. The molecule has 2 aromatic rings. The Bertz CT molecular complexity index is 442. The Kier molecular flexibility index (Phi) is 2.02. The van der Waals surface area contributed by atoms with E-state index in [4.69, 9.17) is 0 Å². The zero-order valence-electron chi connectivity index (χ0n) is 8.86. The molecule has 3 nitrogen and oxygen atoms in total. The molecule has 2 heterocycles. The summed E-state index contributed by atoms with van der Waals surface area (Å²) < 4.78 is 1.93. The SMILES string of the molecule is CCC(C)(C)c1cc2nccn2cn1. The van der Waals surface area contributed by atoms with Gasteiger partial charge in [0.25, 0.3) is 0 Å². The van der Waals surface area contributed by atoms with Gasteiger partial charge >= 0.3 is 0 Å². The van der Waals surface area contributed by atoms with Gasteiger partial charge in [-0.25, -0.2) is 9.97 Å². The first-order valence-corrected chi connectivity index (χ1v) is 4.92. The molecule has 0 unspecified atom stereocenters. The van der Waals surface area contributed by atoms with Gasteiger partial charge in [0.2, 0.25) is 0 Å². The van der Waals surface area contributed by atoms with Crippen molar-refractivity contribution in [3.05, 3.63) is 30.5 Å². The monoisotopic (exact) mass is 189 g/mol. The third-order valence-corrected chi connectivity index (χ3v) is 2.86. The van der Waals surface area contributed by atoms with Crippen molar-refractivity contribution < 1.29 is 0 Å². The minimum atomic E-state index is 0.133. The number of fused-ring (bicyclic) bond motifs is 1. The molecule has 14 heavy (non-hydrogen) atoms. The molecule has 0 bridgehead atoms. The average Bonchev–Trinajstić information content (AvgIpc) is 2.64. The third kappa shape index (κ3) is 1.39. The van der Waals surface area contributed by atoms with E-state index < -0.39 is 0 Å². The normalized spacial score (nSPS) is 12.2. The maximum Gasteiger partial charge on any atom is 0.139 e. The van der Waals surface area contributed by atoms with Gasteiger partial charge in [0.15, 0.2) is 0 Å². The van der Waals surface area contributed by atoms with E-state index >= 15 is 0 Å². The van der Waals surface area contributed by atoms with Crippen LogP contribution >= 0.6 is 0 Å². The molecule has 0 aliphatic carbocycles. The van der Waals surface area contributed by atoms with Crippen LogP contribution in [0.4, 0.5) is 0 Å². The summed E-state index contributed by atoms with van der Waals surface area (Å²) in [4.78, 5) is 8.69. The van der Waals surface area contributed by atoms with Crippen LogP contribution in [0.5, 0.6) is 0 Å². The molecule has 2 aromatic heterocycles. The minimum absolute atomic E-state index is 0.133. The first kappa shape index (κ1) is 9.19. The Labute approximate surface area is 83.8 Å². The summed E-state index contributed by atoms with van der Waals surface area (Å²) in [7, 11) is 0. The van der Waals surface area contributed by atoms with Crippen LogP contribution in [0.15, 0.2) is 24.8 Å². The van der Waals surface area contributed by atoms with Crippen molar-refractivity contribution in [2.75, 3.05) is 0 Å². The average molecular weight is 189 g/mol. The van der Waals surface area contributed by atoms with Gasteiger partial charge in [0.05, 0.1) is 5.69 Å². The van der Waals surface area contributed by atoms with Crippen LogP contribution in [-0.4, -0.2) is 14.4 Å². The van der Waals surface area contributed by atoms with Crippen LogP contribution in [0.1, 0.15) is 32.9 Å². The largest absolute Gasteiger partial charge is 0.290 e. The van der Waals surface area contributed by atoms with Crippen LogP contribution in [0.3, 0.4) is 0 Å². The zero-order valence-corrected chi connectivity index (χ0v) is 8.86.